The molecular weight excluding hydrogens is 435 g/mol. The number of ether oxygens (including phenoxy) is 4. The average molecular weight is 461 g/mol. The summed E-state index contributed by atoms with van der Waals surface area (Å²) in [5.41, 5.74) is 1.92. The molecule has 0 N–H and O–H groups in total. The summed E-state index contributed by atoms with van der Waals surface area (Å²) in [6, 6.07) is 14.2. The van der Waals surface area contributed by atoms with Crippen molar-refractivity contribution in [3.8, 4) is 17.2 Å². The number of hydrogen-bond donors (Lipinski definition) is 0. The molecule has 0 spiro atoms. The van der Waals surface area contributed by atoms with Gasteiger partial charge in [0.2, 0.25) is 0 Å². The Bertz CT molecular complexity index is 834. The van der Waals surface area contributed by atoms with Crippen molar-refractivity contribution in [3.63, 3.8) is 0 Å². The Hall–Kier alpha value is -2.69. The summed E-state index contributed by atoms with van der Waals surface area (Å²) in [5, 5.41) is 1.01. The van der Waals surface area contributed by atoms with Gasteiger partial charge in [0.05, 0.1) is 0 Å². The van der Waals surface area contributed by atoms with Crippen LogP contribution >= 0.6 is 0 Å². The van der Waals surface area contributed by atoms with Crippen molar-refractivity contribution in [2.45, 2.75) is 11.7 Å². The molecule has 0 saturated heterocycles. The van der Waals surface area contributed by atoms with Gasteiger partial charge in [-0.15, -0.1) is 0 Å². The molecule has 0 atom stereocenters. The van der Waals surface area contributed by atoms with Gasteiger partial charge in [-0.1, -0.05) is 0 Å². The molecule has 0 aliphatic carbocycles. The number of hydrogen-bond acceptors (Lipinski definition) is 5. The topological polar surface area (TPSA) is 54.0 Å². The van der Waals surface area contributed by atoms with E-state index in [0.717, 1.165) is 22.9 Å². The summed E-state index contributed by atoms with van der Waals surface area (Å²) in [4.78, 5) is 11.6. The summed E-state index contributed by atoms with van der Waals surface area (Å²) in [7, 11) is 6.12. The quantitative estimate of drug-likeness (QED) is 0.234. The van der Waals surface area contributed by atoms with E-state index >= 15 is 0 Å². The maximum absolute atomic E-state index is 11.6. The van der Waals surface area contributed by atoms with E-state index in [1.54, 1.807) is 27.4 Å². The molecule has 2 aromatic carbocycles. The van der Waals surface area contributed by atoms with Crippen molar-refractivity contribution in [2.75, 3.05) is 28.4 Å². The third-order valence-corrected chi connectivity index (χ3v) is 6.20. The van der Waals surface area contributed by atoms with Gasteiger partial charge >= 0.3 is 178 Å². The van der Waals surface area contributed by atoms with Crippen LogP contribution in [0, 0.1) is 0 Å². The predicted octanol–water partition coefficient (Wildman–Crippen LogP) is 3.66. The van der Waals surface area contributed by atoms with Crippen LogP contribution in [0.25, 0.3) is 6.08 Å². The fourth-order valence-electron chi connectivity index (χ4n) is 2.65. The summed E-state index contributed by atoms with van der Waals surface area (Å²) in [6.45, 7) is 0. The normalized spacial score (nSPS) is 11.4. The van der Waals surface area contributed by atoms with E-state index in [2.05, 4.69) is 24.3 Å². The van der Waals surface area contributed by atoms with Crippen LogP contribution in [0.1, 0.15) is 12.0 Å². The van der Waals surface area contributed by atoms with Crippen LogP contribution in [0.2, 0.25) is 5.32 Å². The van der Waals surface area contributed by atoms with Crippen molar-refractivity contribution in [3.05, 3.63) is 65.8 Å². The number of rotatable bonds is 10. The van der Waals surface area contributed by atoms with Gasteiger partial charge < -0.3 is 0 Å². The van der Waals surface area contributed by atoms with E-state index in [4.69, 9.17) is 18.9 Å². The Labute approximate surface area is 178 Å². The molecule has 0 heterocycles. The number of methoxy groups -OCH3 is 4. The molecule has 0 aliphatic heterocycles. The molecular formula is C23H26O5Se. The van der Waals surface area contributed by atoms with Crippen molar-refractivity contribution in [1.29, 1.82) is 0 Å². The van der Waals surface area contributed by atoms with Gasteiger partial charge in [-0.25, -0.2) is 0 Å². The zero-order chi connectivity index (χ0) is 21.1. The molecule has 0 radical (unpaired) electrons. The van der Waals surface area contributed by atoms with E-state index in [9.17, 15) is 4.79 Å². The zero-order valence-corrected chi connectivity index (χ0v) is 18.9. The van der Waals surface area contributed by atoms with Gasteiger partial charge in [-0.05, 0) is 0 Å². The van der Waals surface area contributed by atoms with Crippen molar-refractivity contribution in [1.82, 2.24) is 0 Å². The third-order valence-electron chi connectivity index (χ3n) is 4.08. The van der Waals surface area contributed by atoms with Gasteiger partial charge in [0.15, 0.2) is 0 Å². The summed E-state index contributed by atoms with van der Waals surface area (Å²) in [6.07, 6.45) is 6.10. The van der Waals surface area contributed by atoms with E-state index in [1.807, 2.05) is 24.3 Å². The predicted molar refractivity (Wildman–Crippen MR) is 116 cm³/mol. The summed E-state index contributed by atoms with van der Waals surface area (Å²) >= 11 is 0.356. The molecule has 0 aliphatic rings. The van der Waals surface area contributed by atoms with Crippen LogP contribution in [0.4, 0.5) is 0 Å². The number of benzene rings is 2. The van der Waals surface area contributed by atoms with Gasteiger partial charge in [0.25, 0.3) is 0 Å². The second-order valence-electron chi connectivity index (χ2n) is 5.95. The number of carbonyl (C=O) groups excluding carboxylic acids is 1. The number of esters is 1. The fraction of sp³-hybridized carbons (Fsp3) is 0.261. The minimum atomic E-state index is -0.380. The molecule has 29 heavy (non-hydrogen) atoms. The van der Waals surface area contributed by atoms with Crippen LogP contribution in [-0.2, 0) is 9.53 Å². The van der Waals surface area contributed by atoms with Crippen molar-refractivity contribution < 1.29 is 23.7 Å². The number of allylic oxidation sites excluding steroid dienone is 2. The minimum absolute atomic E-state index is 0.356. The molecule has 0 unspecified atom stereocenters. The van der Waals surface area contributed by atoms with E-state index in [1.165, 1.54) is 17.6 Å². The van der Waals surface area contributed by atoms with Crippen LogP contribution in [0.3, 0.4) is 0 Å². The third kappa shape index (κ3) is 7.00. The molecule has 2 aromatic rings. The molecule has 154 valence electrons. The Morgan fingerprint density at radius 2 is 1.59 bits per heavy atom. The van der Waals surface area contributed by atoms with Crippen molar-refractivity contribution >= 4 is 31.5 Å². The monoisotopic (exact) mass is 462 g/mol. The Morgan fingerprint density at radius 1 is 0.931 bits per heavy atom. The van der Waals surface area contributed by atoms with Crippen molar-refractivity contribution in [2.24, 2.45) is 0 Å². The van der Waals surface area contributed by atoms with Gasteiger partial charge in [-0.3, -0.25) is 0 Å². The molecule has 0 saturated carbocycles. The first-order chi connectivity index (χ1) is 14.1. The standard InChI is InChI=1S/C23H26O5Se/c1-25-20-15-18(16-21(26-2)23(20)28-4)14-17(10-11-22(24)27-3)12-13-29-19-8-6-5-7-9-19/h5-11,14-16H,12-13H2,1-4H3/b11-10+,17-14+. The fourth-order valence-corrected chi connectivity index (χ4v) is 4.59. The molecule has 6 heteroatoms. The molecule has 0 bridgehead atoms. The Kier molecular flexibility index (Phi) is 9.35. The van der Waals surface area contributed by atoms with E-state index in [-0.39, 0.29) is 5.97 Å². The molecule has 5 nitrogen and oxygen atoms in total. The van der Waals surface area contributed by atoms with Gasteiger partial charge in [-0.2, -0.15) is 0 Å². The molecule has 0 fully saturated rings. The first-order valence-corrected chi connectivity index (χ1v) is 11.1. The Morgan fingerprint density at radius 3 is 2.14 bits per heavy atom. The first-order valence-electron chi connectivity index (χ1n) is 9.05. The molecule has 0 amide bonds. The van der Waals surface area contributed by atoms with Gasteiger partial charge in [0, 0.05) is 0 Å². The Balaban J connectivity index is 2.27. The SMILES string of the molecule is COC(=O)/C=C/C(=C\c1cc(OC)c(OC)c(OC)c1)CC[Se]c1ccccc1. The second-order valence-corrected chi connectivity index (χ2v) is 8.40. The van der Waals surface area contributed by atoms with E-state index in [0.29, 0.717) is 32.2 Å². The van der Waals surface area contributed by atoms with Crippen LogP contribution in [-0.4, -0.2) is 49.4 Å². The van der Waals surface area contributed by atoms with Crippen LogP contribution in [0.15, 0.2) is 60.2 Å². The first kappa shape index (κ1) is 22.6. The maximum atomic E-state index is 11.6. The average Bonchev–Trinajstić information content (AvgIpc) is 2.76. The van der Waals surface area contributed by atoms with E-state index < -0.39 is 0 Å². The van der Waals surface area contributed by atoms with Crippen LogP contribution < -0.4 is 18.7 Å². The van der Waals surface area contributed by atoms with Gasteiger partial charge in [0.1, 0.15) is 0 Å². The summed E-state index contributed by atoms with van der Waals surface area (Å²) in [5.74, 6) is 1.34. The molecule has 0 aromatic heterocycles. The number of carbonyl (C=O) groups is 1. The summed E-state index contributed by atoms with van der Waals surface area (Å²) < 4.78 is 22.3. The van der Waals surface area contributed by atoms with Crippen LogP contribution in [0.5, 0.6) is 17.2 Å². The molecule has 2 rings (SSSR count). The second kappa shape index (κ2) is 12.0. The zero-order valence-electron chi connectivity index (χ0n) is 17.1.